The first-order valence-electron chi connectivity index (χ1n) is 8.28. The number of nitrogens with zero attached hydrogens (tertiary/aromatic N) is 3. The molecular weight excluding hydrogens is 288 g/mol. The van der Waals surface area contributed by atoms with Gasteiger partial charge in [-0.05, 0) is 51.9 Å². The van der Waals surface area contributed by atoms with Gasteiger partial charge in [0.2, 0.25) is 5.91 Å². The van der Waals surface area contributed by atoms with Crippen LogP contribution in [0.2, 0.25) is 0 Å². The Morgan fingerprint density at radius 2 is 1.83 bits per heavy atom. The van der Waals surface area contributed by atoms with Crippen LogP contribution < -0.4 is 5.32 Å². The zero-order chi connectivity index (χ0) is 16.2. The third-order valence-electron chi connectivity index (χ3n) is 4.19. The van der Waals surface area contributed by atoms with Gasteiger partial charge in [0, 0.05) is 6.07 Å². The summed E-state index contributed by atoms with van der Waals surface area (Å²) in [5, 5.41) is 7.51. The van der Waals surface area contributed by atoms with E-state index in [0.29, 0.717) is 6.54 Å². The van der Waals surface area contributed by atoms with E-state index >= 15 is 0 Å². The molecule has 1 aliphatic heterocycles. The van der Waals surface area contributed by atoms with Crippen LogP contribution in [0.4, 0.5) is 5.82 Å². The van der Waals surface area contributed by atoms with Gasteiger partial charge in [-0.15, -0.1) is 0 Å². The largest absolute Gasteiger partial charge is 0.309 e. The van der Waals surface area contributed by atoms with Crippen molar-refractivity contribution in [3.8, 4) is 5.69 Å². The Hall–Kier alpha value is -2.14. The van der Waals surface area contributed by atoms with Gasteiger partial charge in [-0.25, -0.2) is 4.68 Å². The van der Waals surface area contributed by atoms with Crippen LogP contribution in [0.15, 0.2) is 30.3 Å². The Kier molecular flexibility index (Phi) is 4.76. The fourth-order valence-electron chi connectivity index (χ4n) is 2.97. The van der Waals surface area contributed by atoms with E-state index in [-0.39, 0.29) is 5.91 Å². The highest BCUT2D eigenvalue weighted by atomic mass is 16.2. The molecule has 5 nitrogen and oxygen atoms in total. The molecule has 2 heterocycles. The van der Waals surface area contributed by atoms with Crippen LogP contribution in [0.1, 0.15) is 30.5 Å². The van der Waals surface area contributed by atoms with Gasteiger partial charge in [0.15, 0.2) is 0 Å². The molecule has 1 aliphatic rings. The van der Waals surface area contributed by atoms with Gasteiger partial charge in [0.25, 0.3) is 0 Å². The number of benzene rings is 1. The first-order chi connectivity index (χ1) is 11.1. The van der Waals surface area contributed by atoms with E-state index in [0.717, 1.165) is 30.3 Å². The second-order valence-electron chi connectivity index (χ2n) is 6.30. The molecule has 0 aliphatic carbocycles. The highest BCUT2D eigenvalue weighted by Crippen LogP contribution is 2.18. The number of anilines is 1. The van der Waals surface area contributed by atoms with E-state index in [1.165, 1.54) is 24.8 Å². The summed E-state index contributed by atoms with van der Waals surface area (Å²) in [7, 11) is 0. The minimum atomic E-state index is 0.0279. The summed E-state index contributed by atoms with van der Waals surface area (Å²) in [4.78, 5) is 14.6. The molecule has 1 amide bonds. The maximum Gasteiger partial charge on any atom is 0.239 e. The Balaban J connectivity index is 1.72. The number of aromatic nitrogens is 2. The SMILES string of the molecule is Cc1ccc(-n2nc(C)cc2NC(=O)CN2CCCCC2)cc1. The van der Waals surface area contributed by atoms with Gasteiger partial charge in [0.05, 0.1) is 17.9 Å². The van der Waals surface area contributed by atoms with Crippen LogP contribution in [0.25, 0.3) is 5.69 Å². The quantitative estimate of drug-likeness (QED) is 0.944. The molecule has 1 saturated heterocycles. The van der Waals surface area contributed by atoms with E-state index in [2.05, 4.69) is 22.2 Å². The topological polar surface area (TPSA) is 50.2 Å². The van der Waals surface area contributed by atoms with Crippen molar-refractivity contribution in [2.75, 3.05) is 25.0 Å². The van der Waals surface area contributed by atoms with Crippen LogP contribution >= 0.6 is 0 Å². The third kappa shape index (κ3) is 3.99. The average Bonchev–Trinajstić information content (AvgIpc) is 2.89. The lowest BCUT2D eigenvalue weighted by Gasteiger charge is -2.25. The lowest BCUT2D eigenvalue weighted by molar-refractivity contribution is -0.117. The van der Waals surface area contributed by atoms with Gasteiger partial charge in [-0.1, -0.05) is 24.1 Å². The first-order valence-corrected chi connectivity index (χ1v) is 8.28. The normalized spacial score (nSPS) is 15.6. The van der Waals surface area contributed by atoms with Crippen LogP contribution in [-0.2, 0) is 4.79 Å². The van der Waals surface area contributed by atoms with Gasteiger partial charge in [-0.3, -0.25) is 9.69 Å². The summed E-state index contributed by atoms with van der Waals surface area (Å²) < 4.78 is 1.79. The van der Waals surface area contributed by atoms with Gasteiger partial charge >= 0.3 is 0 Å². The average molecular weight is 312 g/mol. The minimum absolute atomic E-state index is 0.0279. The molecule has 0 atom stereocenters. The molecule has 1 aromatic heterocycles. The van der Waals surface area contributed by atoms with E-state index < -0.39 is 0 Å². The number of amides is 1. The molecular formula is C18H24N4O. The van der Waals surface area contributed by atoms with Crippen molar-refractivity contribution in [1.82, 2.24) is 14.7 Å². The van der Waals surface area contributed by atoms with Crippen molar-refractivity contribution in [3.63, 3.8) is 0 Å². The Labute approximate surface area is 137 Å². The van der Waals surface area contributed by atoms with Gasteiger partial charge in [-0.2, -0.15) is 5.10 Å². The van der Waals surface area contributed by atoms with E-state index in [1.807, 2.05) is 37.3 Å². The monoisotopic (exact) mass is 312 g/mol. The minimum Gasteiger partial charge on any atom is -0.309 e. The van der Waals surface area contributed by atoms with Crippen molar-refractivity contribution in [1.29, 1.82) is 0 Å². The number of piperidine rings is 1. The maximum atomic E-state index is 12.3. The fourth-order valence-corrected chi connectivity index (χ4v) is 2.97. The Bertz CT molecular complexity index is 669. The molecule has 5 heteroatoms. The molecule has 3 rings (SSSR count). The Morgan fingerprint density at radius 1 is 1.13 bits per heavy atom. The second kappa shape index (κ2) is 6.96. The fraction of sp³-hybridized carbons (Fsp3) is 0.444. The molecule has 2 aromatic rings. The summed E-state index contributed by atoms with van der Waals surface area (Å²) in [5.74, 6) is 0.758. The zero-order valence-electron chi connectivity index (χ0n) is 13.9. The first kappa shape index (κ1) is 15.7. The number of aryl methyl sites for hydroxylation is 2. The van der Waals surface area contributed by atoms with E-state index in [4.69, 9.17) is 0 Å². The van der Waals surface area contributed by atoms with Gasteiger partial charge < -0.3 is 5.32 Å². The predicted molar refractivity (Wildman–Crippen MR) is 92.0 cm³/mol. The van der Waals surface area contributed by atoms with Crippen LogP contribution in [-0.4, -0.2) is 40.2 Å². The van der Waals surface area contributed by atoms with Crippen molar-refractivity contribution in [3.05, 3.63) is 41.6 Å². The maximum absolute atomic E-state index is 12.3. The molecule has 0 unspecified atom stereocenters. The number of likely N-dealkylation sites (tertiary alicyclic amines) is 1. The standard InChI is InChI=1S/C18H24N4O/c1-14-6-8-16(9-7-14)22-17(12-15(2)20-22)19-18(23)13-21-10-4-3-5-11-21/h6-9,12H,3-5,10-11,13H2,1-2H3,(H,19,23). The molecule has 1 aromatic carbocycles. The smallest absolute Gasteiger partial charge is 0.239 e. The molecule has 0 bridgehead atoms. The van der Waals surface area contributed by atoms with Crippen LogP contribution in [0.5, 0.6) is 0 Å². The molecule has 1 N–H and O–H groups in total. The molecule has 0 radical (unpaired) electrons. The number of hydrogen-bond acceptors (Lipinski definition) is 3. The van der Waals surface area contributed by atoms with Crippen molar-refractivity contribution < 1.29 is 4.79 Å². The number of carbonyl (C=O) groups excluding carboxylic acids is 1. The summed E-state index contributed by atoms with van der Waals surface area (Å²) in [6.07, 6.45) is 3.65. The molecule has 1 fully saturated rings. The van der Waals surface area contributed by atoms with Gasteiger partial charge in [0.1, 0.15) is 5.82 Å². The highest BCUT2D eigenvalue weighted by molar-refractivity contribution is 5.91. The number of nitrogens with one attached hydrogen (secondary N) is 1. The summed E-state index contributed by atoms with van der Waals surface area (Å²) >= 11 is 0. The number of rotatable bonds is 4. The summed E-state index contributed by atoms with van der Waals surface area (Å²) in [6, 6.07) is 10.0. The second-order valence-corrected chi connectivity index (χ2v) is 6.30. The Morgan fingerprint density at radius 3 is 2.52 bits per heavy atom. The van der Waals surface area contributed by atoms with E-state index in [1.54, 1.807) is 4.68 Å². The third-order valence-corrected chi connectivity index (χ3v) is 4.19. The molecule has 23 heavy (non-hydrogen) atoms. The number of carbonyl (C=O) groups is 1. The van der Waals surface area contributed by atoms with Crippen molar-refractivity contribution in [2.45, 2.75) is 33.1 Å². The van der Waals surface area contributed by atoms with E-state index in [9.17, 15) is 4.79 Å². The lowest BCUT2D eigenvalue weighted by atomic mass is 10.1. The van der Waals surface area contributed by atoms with Crippen LogP contribution in [0, 0.1) is 13.8 Å². The molecule has 0 saturated carbocycles. The van der Waals surface area contributed by atoms with Crippen molar-refractivity contribution in [2.24, 2.45) is 0 Å². The summed E-state index contributed by atoms with van der Waals surface area (Å²) in [5.41, 5.74) is 3.05. The van der Waals surface area contributed by atoms with Crippen molar-refractivity contribution >= 4 is 11.7 Å². The summed E-state index contributed by atoms with van der Waals surface area (Å²) in [6.45, 7) is 6.48. The molecule has 122 valence electrons. The predicted octanol–water partition coefficient (Wildman–Crippen LogP) is 2.91. The van der Waals surface area contributed by atoms with Crippen LogP contribution in [0.3, 0.4) is 0 Å². The lowest BCUT2D eigenvalue weighted by Crippen LogP contribution is -2.37. The molecule has 0 spiro atoms. The zero-order valence-corrected chi connectivity index (χ0v) is 13.9. The number of hydrogen-bond donors (Lipinski definition) is 1. The highest BCUT2D eigenvalue weighted by Gasteiger charge is 2.16.